The van der Waals surface area contributed by atoms with Crippen molar-refractivity contribution in [2.45, 2.75) is 12.3 Å². The summed E-state index contributed by atoms with van der Waals surface area (Å²) in [5.41, 5.74) is 0.252. The Kier molecular flexibility index (Phi) is 3.23. The summed E-state index contributed by atoms with van der Waals surface area (Å²) in [4.78, 5) is 27.4. The second-order valence-electron chi connectivity index (χ2n) is 3.52. The smallest absolute Gasteiger partial charge is 0.289 e. The van der Waals surface area contributed by atoms with Crippen LogP contribution in [0.5, 0.6) is 0 Å². The first kappa shape index (κ1) is 11.8. The van der Waals surface area contributed by atoms with E-state index in [0.717, 1.165) is 4.90 Å². The highest BCUT2D eigenvalue weighted by molar-refractivity contribution is 6.17. The fourth-order valence-electron chi connectivity index (χ4n) is 1.55. The lowest BCUT2D eigenvalue weighted by Gasteiger charge is -2.26. The molecule has 0 spiro atoms. The lowest BCUT2D eigenvalue weighted by Crippen LogP contribution is -2.50. The Hall–Kier alpha value is -1.69. The summed E-state index contributed by atoms with van der Waals surface area (Å²) in [5, 5.41) is 2.11. The van der Waals surface area contributed by atoms with Crippen LogP contribution in [0.4, 0.5) is 14.9 Å². The Morgan fingerprint density at radius 2 is 2.24 bits per heavy atom. The van der Waals surface area contributed by atoms with Crippen LogP contribution in [0.2, 0.25) is 0 Å². The summed E-state index contributed by atoms with van der Waals surface area (Å²) in [5.74, 6) is -0.978. The first-order valence-corrected chi connectivity index (χ1v) is 5.46. The van der Waals surface area contributed by atoms with Gasteiger partial charge in [-0.15, -0.1) is 11.6 Å². The fraction of sp³-hybridized carbons (Fsp3) is 0.300. The van der Waals surface area contributed by atoms with Gasteiger partial charge < -0.3 is 0 Å². The number of nitrogens with zero attached hydrogens (tertiary/aromatic N) is 2. The van der Waals surface area contributed by atoms with Crippen molar-refractivity contribution in [1.29, 1.82) is 0 Å². The first-order valence-electron chi connectivity index (χ1n) is 4.93. The van der Waals surface area contributed by atoms with E-state index in [1.807, 2.05) is 0 Å². The molecule has 0 atom stereocenters. The van der Waals surface area contributed by atoms with Crippen molar-refractivity contribution in [2.75, 3.05) is 11.4 Å². The van der Waals surface area contributed by atoms with Gasteiger partial charge in [-0.2, -0.15) is 0 Å². The van der Waals surface area contributed by atoms with Crippen LogP contribution < -0.4 is 10.2 Å². The van der Waals surface area contributed by atoms with Crippen molar-refractivity contribution in [3.8, 4) is 0 Å². The molecular formula is C10H9ClFN3O2. The second-order valence-corrected chi connectivity index (χ2v) is 3.79. The molecule has 1 aliphatic rings. The fourth-order valence-corrected chi connectivity index (χ4v) is 1.74. The van der Waals surface area contributed by atoms with Crippen LogP contribution in [-0.4, -0.2) is 23.5 Å². The molecule has 1 aromatic heterocycles. The Morgan fingerprint density at radius 1 is 1.47 bits per heavy atom. The van der Waals surface area contributed by atoms with E-state index < -0.39 is 11.8 Å². The van der Waals surface area contributed by atoms with E-state index in [4.69, 9.17) is 11.6 Å². The van der Waals surface area contributed by atoms with Crippen LogP contribution in [0.15, 0.2) is 12.4 Å². The molecule has 1 aliphatic heterocycles. The molecule has 1 saturated heterocycles. The van der Waals surface area contributed by atoms with E-state index in [0.29, 0.717) is 0 Å². The molecule has 1 fully saturated rings. The second kappa shape index (κ2) is 4.67. The van der Waals surface area contributed by atoms with Gasteiger partial charge in [0, 0.05) is 24.7 Å². The van der Waals surface area contributed by atoms with Crippen molar-refractivity contribution < 1.29 is 14.0 Å². The summed E-state index contributed by atoms with van der Waals surface area (Å²) in [7, 11) is 0. The summed E-state index contributed by atoms with van der Waals surface area (Å²) in [6.45, 7) is 0.134. The zero-order valence-electron chi connectivity index (χ0n) is 8.74. The SMILES string of the molecule is O=C1CCN(c2cncc(CCl)c2F)C(=O)N1. The van der Waals surface area contributed by atoms with Gasteiger partial charge in [0.15, 0.2) is 5.82 Å². The molecule has 5 nitrogen and oxygen atoms in total. The lowest BCUT2D eigenvalue weighted by atomic mass is 10.2. The van der Waals surface area contributed by atoms with Gasteiger partial charge in [0.2, 0.25) is 5.91 Å². The molecule has 0 radical (unpaired) electrons. The zero-order chi connectivity index (χ0) is 12.4. The molecule has 0 aliphatic carbocycles. The highest BCUT2D eigenvalue weighted by atomic mass is 35.5. The van der Waals surface area contributed by atoms with Gasteiger partial charge in [-0.05, 0) is 0 Å². The summed E-state index contributed by atoms with van der Waals surface area (Å²) >= 11 is 5.55. The predicted octanol–water partition coefficient (Wildman–Crippen LogP) is 1.41. The van der Waals surface area contributed by atoms with Crippen molar-refractivity contribution in [2.24, 2.45) is 0 Å². The van der Waals surface area contributed by atoms with E-state index in [2.05, 4.69) is 10.3 Å². The summed E-state index contributed by atoms with van der Waals surface area (Å²) in [6, 6.07) is -0.645. The highest BCUT2D eigenvalue weighted by Gasteiger charge is 2.27. The number of anilines is 1. The van der Waals surface area contributed by atoms with Gasteiger partial charge in [-0.3, -0.25) is 20.0 Å². The van der Waals surface area contributed by atoms with Gasteiger partial charge in [-0.25, -0.2) is 9.18 Å². The molecule has 2 rings (SSSR count). The number of urea groups is 1. The molecule has 0 saturated carbocycles. The maximum atomic E-state index is 13.9. The van der Waals surface area contributed by atoms with E-state index in [1.54, 1.807) is 0 Å². The number of nitrogens with one attached hydrogen (secondary N) is 1. The number of carbonyl (C=O) groups is 2. The molecule has 17 heavy (non-hydrogen) atoms. The van der Waals surface area contributed by atoms with Crippen LogP contribution >= 0.6 is 11.6 Å². The van der Waals surface area contributed by atoms with Gasteiger partial charge in [0.25, 0.3) is 0 Å². The minimum Gasteiger partial charge on any atom is -0.289 e. The highest BCUT2D eigenvalue weighted by Crippen LogP contribution is 2.23. The number of aromatic nitrogens is 1. The van der Waals surface area contributed by atoms with Crippen LogP contribution in [0.1, 0.15) is 12.0 Å². The summed E-state index contributed by atoms with van der Waals surface area (Å²) in [6.07, 6.45) is 2.68. The van der Waals surface area contributed by atoms with Crippen molar-refractivity contribution in [3.63, 3.8) is 0 Å². The van der Waals surface area contributed by atoms with Crippen molar-refractivity contribution >= 4 is 29.2 Å². The molecule has 7 heteroatoms. The number of alkyl halides is 1. The molecule has 0 unspecified atom stereocenters. The summed E-state index contributed by atoms with van der Waals surface area (Å²) < 4.78 is 13.9. The number of imide groups is 1. The number of amides is 3. The third-order valence-electron chi connectivity index (χ3n) is 2.42. The number of pyridine rings is 1. The molecule has 0 bridgehead atoms. The van der Waals surface area contributed by atoms with Crippen LogP contribution in [0.25, 0.3) is 0 Å². The van der Waals surface area contributed by atoms with Crippen LogP contribution in [-0.2, 0) is 10.7 Å². The third-order valence-corrected chi connectivity index (χ3v) is 2.71. The average Bonchev–Trinajstić information content (AvgIpc) is 2.30. The molecule has 1 N–H and O–H groups in total. The molecule has 0 aromatic carbocycles. The molecular weight excluding hydrogens is 249 g/mol. The van der Waals surface area contributed by atoms with Crippen LogP contribution in [0, 0.1) is 5.82 Å². The molecule has 1 aromatic rings. The quantitative estimate of drug-likeness (QED) is 0.815. The van der Waals surface area contributed by atoms with Gasteiger partial charge in [-0.1, -0.05) is 0 Å². The third kappa shape index (κ3) is 2.21. The Bertz CT molecular complexity index is 481. The van der Waals surface area contributed by atoms with E-state index >= 15 is 0 Å². The van der Waals surface area contributed by atoms with E-state index in [-0.39, 0.29) is 36.0 Å². The Balaban J connectivity index is 2.34. The minimum atomic E-state index is -0.645. The normalized spacial score (nSPS) is 16.0. The van der Waals surface area contributed by atoms with E-state index in [1.165, 1.54) is 12.4 Å². The zero-order valence-corrected chi connectivity index (χ0v) is 9.50. The Morgan fingerprint density at radius 3 is 2.88 bits per heavy atom. The maximum absolute atomic E-state index is 13.9. The largest absolute Gasteiger partial charge is 0.328 e. The Labute approximate surface area is 102 Å². The predicted molar refractivity (Wildman–Crippen MR) is 59.3 cm³/mol. The number of halogens is 2. The minimum absolute atomic E-state index is 0.0267. The topological polar surface area (TPSA) is 62.3 Å². The van der Waals surface area contributed by atoms with Crippen molar-refractivity contribution in [1.82, 2.24) is 10.3 Å². The monoisotopic (exact) mass is 257 g/mol. The first-order chi connectivity index (χ1) is 8.13. The van der Waals surface area contributed by atoms with Gasteiger partial charge in [0.1, 0.15) is 0 Å². The number of rotatable bonds is 2. The molecule has 2 heterocycles. The number of hydrogen-bond acceptors (Lipinski definition) is 3. The van der Waals surface area contributed by atoms with Gasteiger partial charge in [0.05, 0.1) is 17.8 Å². The average molecular weight is 258 g/mol. The van der Waals surface area contributed by atoms with E-state index in [9.17, 15) is 14.0 Å². The maximum Gasteiger partial charge on any atom is 0.328 e. The number of carbonyl (C=O) groups excluding carboxylic acids is 2. The van der Waals surface area contributed by atoms with Crippen LogP contribution in [0.3, 0.4) is 0 Å². The van der Waals surface area contributed by atoms with Crippen molar-refractivity contribution in [3.05, 3.63) is 23.8 Å². The lowest BCUT2D eigenvalue weighted by molar-refractivity contribution is -0.120. The molecule has 90 valence electrons. The number of hydrogen-bond donors (Lipinski definition) is 1. The molecule has 3 amide bonds. The standard InChI is InChI=1S/C10H9ClFN3O2/c11-3-6-4-13-5-7(9(6)12)15-2-1-8(16)14-10(15)17/h4-5H,1-3H2,(H,14,16,17). The van der Waals surface area contributed by atoms with Gasteiger partial charge >= 0.3 is 6.03 Å².